The first kappa shape index (κ1) is 12.6. The molecule has 2 aromatic rings. The molecule has 0 fully saturated rings. The van der Waals surface area contributed by atoms with Crippen LogP contribution in [0.4, 0.5) is 0 Å². The summed E-state index contributed by atoms with van der Waals surface area (Å²) < 4.78 is 0. The quantitative estimate of drug-likeness (QED) is 0.921. The van der Waals surface area contributed by atoms with E-state index in [1.54, 1.807) is 0 Å². The second-order valence-corrected chi connectivity index (χ2v) is 5.44. The Kier molecular flexibility index (Phi) is 3.81. The Balaban J connectivity index is 1.58. The Morgan fingerprint density at radius 3 is 3.11 bits per heavy atom. The van der Waals surface area contributed by atoms with Crippen molar-refractivity contribution in [3.05, 3.63) is 64.4 Å². The average Bonchev–Trinajstić information content (AvgIpc) is 2.82. The van der Waals surface area contributed by atoms with Crippen LogP contribution < -0.4 is 5.32 Å². The number of fused-ring (bicyclic) bond motifs is 1. The van der Waals surface area contributed by atoms with Crippen LogP contribution in [-0.4, -0.2) is 11.5 Å². The van der Waals surface area contributed by atoms with Gasteiger partial charge < -0.3 is 5.32 Å². The molecule has 1 atom stereocenters. The van der Waals surface area contributed by atoms with Gasteiger partial charge in [-0.15, -0.1) is 0 Å². The molecule has 0 saturated heterocycles. The van der Waals surface area contributed by atoms with Gasteiger partial charge in [0.2, 0.25) is 0 Å². The van der Waals surface area contributed by atoms with Crippen molar-refractivity contribution in [2.24, 2.45) is 0 Å². The van der Waals surface area contributed by atoms with Crippen LogP contribution in [0.1, 0.15) is 29.2 Å². The van der Waals surface area contributed by atoms with Crippen LogP contribution in [0, 0.1) is 0 Å². The minimum atomic E-state index is 0.476. The summed E-state index contributed by atoms with van der Waals surface area (Å²) in [6.45, 7) is 0.985. The van der Waals surface area contributed by atoms with Crippen molar-refractivity contribution in [3.8, 4) is 0 Å². The summed E-state index contributed by atoms with van der Waals surface area (Å²) in [6.07, 6.45) is 7.06. The molecule has 0 amide bonds. The molecule has 0 aliphatic heterocycles. The molecule has 0 bridgehead atoms. The number of pyridine rings is 1. The Morgan fingerprint density at radius 2 is 2.26 bits per heavy atom. The summed E-state index contributed by atoms with van der Waals surface area (Å²) in [6, 6.07) is 10.8. The molecule has 1 aromatic carbocycles. The minimum Gasteiger partial charge on any atom is -0.310 e. The number of aryl methyl sites for hydroxylation is 1. The average molecular weight is 273 g/mol. The van der Waals surface area contributed by atoms with E-state index in [4.69, 9.17) is 11.6 Å². The third-order valence-electron chi connectivity index (χ3n) is 3.71. The molecule has 1 unspecified atom stereocenters. The highest BCUT2D eigenvalue weighted by Crippen LogP contribution is 2.32. The van der Waals surface area contributed by atoms with Gasteiger partial charge in [0.1, 0.15) is 0 Å². The zero-order chi connectivity index (χ0) is 13.1. The SMILES string of the molecule is Clc1ccc2c(c1)CCC2NCCc1cccnc1. The maximum atomic E-state index is 6.03. The normalized spacial score (nSPS) is 17.4. The molecule has 0 spiro atoms. The highest BCUT2D eigenvalue weighted by atomic mass is 35.5. The third-order valence-corrected chi connectivity index (χ3v) is 3.95. The number of halogens is 1. The lowest BCUT2D eigenvalue weighted by atomic mass is 10.1. The number of rotatable bonds is 4. The van der Waals surface area contributed by atoms with E-state index in [-0.39, 0.29) is 0 Å². The highest BCUT2D eigenvalue weighted by molar-refractivity contribution is 6.30. The largest absolute Gasteiger partial charge is 0.310 e. The van der Waals surface area contributed by atoms with Gasteiger partial charge in [-0.25, -0.2) is 0 Å². The van der Waals surface area contributed by atoms with Gasteiger partial charge in [-0.2, -0.15) is 0 Å². The molecular formula is C16H17ClN2. The van der Waals surface area contributed by atoms with Gasteiger partial charge in [-0.3, -0.25) is 4.98 Å². The summed E-state index contributed by atoms with van der Waals surface area (Å²) >= 11 is 6.03. The number of nitrogens with zero attached hydrogens (tertiary/aromatic N) is 1. The third kappa shape index (κ3) is 2.96. The van der Waals surface area contributed by atoms with Crippen LogP contribution in [0.2, 0.25) is 5.02 Å². The Hall–Kier alpha value is -1.38. The zero-order valence-corrected chi connectivity index (χ0v) is 11.5. The molecule has 1 aliphatic carbocycles. The van der Waals surface area contributed by atoms with Gasteiger partial charge in [0.25, 0.3) is 0 Å². The molecule has 19 heavy (non-hydrogen) atoms. The Labute approximate surface area is 118 Å². The van der Waals surface area contributed by atoms with E-state index >= 15 is 0 Å². The molecule has 3 heteroatoms. The minimum absolute atomic E-state index is 0.476. The predicted octanol–water partition coefficient (Wildman–Crippen LogP) is 3.55. The van der Waals surface area contributed by atoms with Crippen LogP contribution in [0.5, 0.6) is 0 Å². The summed E-state index contributed by atoms with van der Waals surface area (Å²) in [5, 5.41) is 4.48. The fourth-order valence-electron chi connectivity index (χ4n) is 2.73. The second-order valence-electron chi connectivity index (χ2n) is 5.00. The molecule has 0 saturated carbocycles. The van der Waals surface area contributed by atoms with Gasteiger partial charge in [0, 0.05) is 23.5 Å². The Bertz CT molecular complexity index is 554. The summed E-state index contributed by atoms with van der Waals surface area (Å²) in [5.74, 6) is 0. The summed E-state index contributed by atoms with van der Waals surface area (Å²) in [5.41, 5.74) is 4.09. The summed E-state index contributed by atoms with van der Waals surface area (Å²) in [7, 11) is 0. The Morgan fingerprint density at radius 1 is 1.32 bits per heavy atom. The van der Waals surface area contributed by atoms with Crippen molar-refractivity contribution in [1.29, 1.82) is 0 Å². The van der Waals surface area contributed by atoms with Crippen molar-refractivity contribution >= 4 is 11.6 Å². The van der Waals surface area contributed by atoms with Crippen molar-refractivity contribution in [3.63, 3.8) is 0 Å². The van der Waals surface area contributed by atoms with Crippen molar-refractivity contribution in [2.75, 3.05) is 6.54 Å². The lowest BCUT2D eigenvalue weighted by Gasteiger charge is -2.14. The van der Waals surface area contributed by atoms with Gasteiger partial charge in [0.15, 0.2) is 0 Å². The summed E-state index contributed by atoms with van der Waals surface area (Å²) in [4.78, 5) is 4.14. The van der Waals surface area contributed by atoms with E-state index in [0.29, 0.717) is 6.04 Å². The fourth-order valence-corrected chi connectivity index (χ4v) is 2.93. The number of benzene rings is 1. The first-order valence-corrected chi connectivity index (χ1v) is 7.11. The van der Waals surface area contributed by atoms with Crippen LogP contribution in [0.25, 0.3) is 0 Å². The molecular weight excluding hydrogens is 256 g/mol. The van der Waals surface area contributed by atoms with Crippen LogP contribution >= 0.6 is 11.6 Å². The highest BCUT2D eigenvalue weighted by Gasteiger charge is 2.21. The van der Waals surface area contributed by atoms with Crippen molar-refractivity contribution < 1.29 is 0 Å². The molecule has 0 radical (unpaired) electrons. The first-order valence-electron chi connectivity index (χ1n) is 6.73. The second kappa shape index (κ2) is 5.72. The van der Waals surface area contributed by atoms with Crippen LogP contribution in [0.15, 0.2) is 42.7 Å². The van der Waals surface area contributed by atoms with Crippen molar-refractivity contribution in [2.45, 2.75) is 25.3 Å². The number of hydrogen-bond acceptors (Lipinski definition) is 2. The van der Waals surface area contributed by atoms with E-state index in [1.807, 2.05) is 24.5 Å². The van der Waals surface area contributed by atoms with Crippen molar-refractivity contribution in [1.82, 2.24) is 10.3 Å². The standard InChI is InChI=1S/C16H17ClN2/c17-14-4-5-15-13(10-14)3-6-16(15)19-9-7-12-2-1-8-18-11-12/h1-2,4-5,8,10-11,16,19H,3,6-7,9H2. The smallest absolute Gasteiger partial charge is 0.0408 e. The van der Waals surface area contributed by atoms with Crippen LogP contribution in [0.3, 0.4) is 0 Å². The van der Waals surface area contributed by atoms with Gasteiger partial charge in [-0.1, -0.05) is 23.7 Å². The monoisotopic (exact) mass is 272 g/mol. The van der Waals surface area contributed by atoms with Gasteiger partial charge >= 0.3 is 0 Å². The zero-order valence-electron chi connectivity index (χ0n) is 10.8. The van der Waals surface area contributed by atoms with E-state index in [2.05, 4.69) is 28.5 Å². The maximum absolute atomic E-state index is 6.03. The maximum Gasteiger partial charge on any atom is 0.0408 e. The molecule has 1 aliphatic rings. The molecule has 3 rings (SSSR count). The number of aromatic nitrogens is 1. The van der Waals surface area contributed by atoms with E-state index in [0.717, 1.165) is 24.4 Å². The van der Waals surface area contributed by atoms with Crippen LogP contribution in [-0.2, 0) is 12.8 Å². The van der Waals surface area contributed by atoms with E-state index in [1.165, 1.54) is 23.1 Å². The molecule has 1 heterocycles. The predicted molar refractivity (Wildman–Crippen MR) is 78.5 cm³/mol. The molecule has 1 aromatic heterocycles. The fraction of sp³-hybridized carbons (Fsp3) is 0.312. The lowest BCUT2D eigenvalue weighted by molar-refractivity contribution is 0.533. The number of hydrogen-bond donors (Lipinski definition) is 1. The topological polar surface area (TPSA) is 24.9 Å². The van der Waals surface area contributed by atoms with Gasteiger partial charge in [-0.05, 0) is 60.7 Å². The molecule has 2 nitrogen and oxygen atoms in total. The van der Waals surface area contributed by atoms with E-state index < -0.39 is 0 Å². The lowest BCUT2D eigenvalue weighted by Crippen LogP contribution is -2.21. The molecule has 1 N–H and O–H groups in total. The number of nitrogens with one attached hydrogen (secondary N) is 1. The molecule has 98 valence electrons. The van der Waals surface area contributed by atoms with E-state index in [9.17, 15) is 0 Å². The van der Waals surface area contributed by atoms with Gasteiger partial charge in [0.05, 0.1) is 0 Å². The first-order chi connectivity index (χ1) is 9.33.